The molecule has 0 radical (unpaired) electrons. The topological polar surface area (TPSA) is 52.6 Å². The normalized spacial score (nSPS) is 12.6. The Bertz CT molecular complexity index is 209. The molecule has 4 nitrogen and oxygen atoms in total. The summed E-state index contributed by atoms with van der Waals surface area (Å²) in [6, 6.07) is 0. The van der Waals surface area contributed by atoms with Gasteiger partial charge >= 0.3 is 5.97 Å². The maximum atomic E-state index is 11.7. The summed E-state index contributed by atoms with van der Waals surface area (Å²) in [4.78, 5) is 23.2. The van der Waals surface area contributed by atoms with Gasteiger partial charge in [-0.3, -0.25) is 9.59 Å². The number of carbonyl (C=O) groups is 2. The van der Waals surface area contributed by atoms with Gasteiger partial charge in [0, 0.05) is 7.11 Å². The largest absolute Gasteiger partial charge is 0.468 e. The fourth-order valence-electron chi connectivity index (χ4n) is 1.71. The highest BCUT2D eigenvalue weighted by Crippen LogP contribution is 2.22. The molecule has 1 unspecified atom stereocenters. The van der Waals surface area contributed by atoms with Crippen molar-refractivity contribution in [3.8, 4) is 0 Å². The van der Waals surface area contributed by atoms with E-state index in [0.717, 1.165) is 12.8 Å². The average Bonchev–Trinajstić information content (AvgIpc) is 2.24. The van der Waals surface area contributed by atoms with Crippen LogP contribution in [0.25, 0.3) is 0 Å². The molecule has 0 saturated carbocycles. The molecule has 0 aliphatic rings. The van der Waals surface area contributed by atoms with Crippen LogP contribution >= 0.6 is 0 Å². The number of ether oxygens (including phenoxy) is 2. The SMILES string of the molecule is CCC(CC)C(C(=O)COC)C(=O)OC. The Morgan fingerprint density at radius 3 is 2.00 bits per heavy atom. The van der Waals surface area contributed by atoms with Crippen molar-refractivity contribution in [2.75, 3.05) is 20.8 Å². The molecular formula is C11H20O4. The maximum Gasteiger partial charge on any atom is 0.316 e. The van der Waals surface area contributed by atoms with Crippen LogP contribution in [0.15, 0.2) is 0 Å². The Labute approximate surface area is 90.9 Å². The molecule has 0 saturated heterocycles. The van der Waals surface area contributed by atoms with Gasteiger partial charge in [0.25, 0.3) is 0 Å². The lowest BCUT2D eigenvalue weighted by molar-refractivity contribution is -0.153. The number of hydrogen-bond donors (Lipinski definition) is 0. The number of Topliss-reactive ketones (excluding diaryl/α,β-unsaturated/α-hetero) is 1. The Morgan fingerprint density at radius 1 is 1.13 bits per heavy atom. The Morgan fingerprint density at radius 2 is 1.67 bits per heavy atom. The molecule has 0 heterocycles. The van der Waals surface area contributed by atoms with E-state index in [-0.39, 0.29) is 18.3 Å². The zero-order valence-electron chi connectivity index (χ0n) is 9.91. The number of carbonyl (C=O) groups excluding carboxylic acids is 2. The zero-order valence-corrected chi connectivity index (χ0v) is 9.91. The second-order valence-electron chi connectivity index (χ2n) is 3.48. The van der Waals surface area contributed by atoms with Gasteiger partial charge in [0.2, 0.25) is 0 Å². The molecule has 0 aliphatic carbocycles. The molecule has 15 heavy (non-hydrogen) atoms. The van der Waals surface area contributed by atoms with Crippen LogP contribution in [0.1, 0.15) is 26.7 Å². The first-order valence-corrected chi connectivity index (χ1v) is 5.21. The molecule has 0 aromatic carbocycles. The smallest absolute Gasteiger partial charge is 0.316 e. The summed E-state index contributed by atoms with van der Waals surface area (Å²) < 4.78 is 9.41. The van der Waals surface area contributed by atoms with E-state index in [0.29, 0.717) is 0 Å². The molecule has 0 fully saturated rings. The van der Waals surface area contributed by atoms with Crippen LogP contribution in [0.2, 0.25) is 0 Å². The van der Waals surface area contributed by atoms with Gasteiger partial charge in [-0.1, -0.05) is 26.7 Å². The van der Waals surface area contributed by atoms with E-state index in [4.69, 9.17) is 4.74 Å². The molecule has 0 N–H and O–H groups in total. The van der Waals surface area contributed by atoms with Crippen molar-refractivity contribution in [2.45, 2.75) is 26.7 Å². The first kappa shape index (κ1) is 14.1. The lowest BCUT2D eigenvalue weighted by atomic mass is 9.85. The number of hydrogen-bond acceptors (Lipinski definition) is 4. The van der Waals surface area contributed by atoms with Gasteiger partial charge in [-0.2, -0.15) is 0 Å². The van der Waals surface area contributed by atoms with E-state index in [9.17, 15) is 9.59 Å². The molecule has 0 bridgehead atoms. The van der Waals surface area contributed by atoms with Crippen LogP contribution < -0.4 is 0 Å². The summed E-state index contributed by atoms with van der Waals surface area (Å²) in [6.45, 7) is 3.89. The monoisotopic (exact) mass is 216 g/mol. The second kappa shape index (κ2) is 7.40. The van der Waals surface area contributed by atoms with Crippen molar-refractivity contribution >= 4 is 11.8 Å². The van der Waals surface area contributed by atoms with Gasteiger partial charge in [-0.15, -0.1) is 0 Å². The van der Waals surface area contributed by atoms with E-state index in [1.807, 2.05) is 13.8 Å². The molecule has 0 rings (SSSR count). The first-order chi connectivity index (χ1) is 7.12. The molecule has 1 atom stereocenters. The van der Waals surface area contributed by atoms with E-state index in [1.54, 1.807) is 0 Å². The minimum absolute atomic E-state index is 0.0315. The van der Waals surface area contributed by atoms with Crippen LogP contribution in [0.5, 0.6) is 0 Å². The Balaban J connectivity index is 4.70. The van der Waals surface area contributed by atoms with E-state index < -0.39 is 11.9 Å². The summed E-state index contributed by atoms with van der Waals surface area (Å²) in [7, 11) is 2.75. The van der Waals surface area contributed by atoms with Crippen molar-refractivity contribution in [1.29, 1.82) is 0 Å². The summed E-state index contributed by atoms with van der Waals surface area (Å²) in [6.07, 6.45) is 1.57. The number of ketones is 1. The van der Waals surface area contributed by atoms with Crippen molar-refractivity contribution in [2.24, 2.45) is 11.8 Å². The number of rotatable bonds is 7. The number of methoxy groups -OCH3 is 2. The quantitative estimate of drug-likeness (QED) is 0.477. The van der Waals surface area contributed by atoms with Gasteiger partial charge in [-0.05, 0) is 5.92 Å². The molecular weight excluding hydrogens is 196 g/mol. The minimum atomic E-state index is -0.676. The summed E-state index contributed by atoms with van der Waals surface area (Å²) >= 11 is 0. The molecule has 4 heteroatoms. The van der Waals surface area contributed by atoms with Gasteiger partial charge in [-0.25, -0.2) is 0 Å². The highest BCUT2D eigenvalue weighted by molar-refractivity contribution is 5.99. The number of esters is 1. The van der Waals surface area contributed by atoms with E-state index in [1.165, 1.54) is 14.2 Å². The Hall–Kier alpha value is -0.900. The zero-order chi connectivity index (χ0) is 11.8. The molecule has 88 valence electrons. The van der Waals surface area contributed by atoms with Crippen molar-refractivity contribution in [3.63, 3.8) is 0 Å². The summed E-state index contributed by atoms with van der Waals surface area (Å²) in [5, 5.41) is 0. The van der Waals surface area contributed by atoms with E-state index >= 15 is 0 Å². The first-order valence-electron chi connectivity index (χ1n) is 5.21. The Kier molecular flexibility index (Phi) is 6.96. The van der Waals surface area contributed by atoms with Crippen LogP contribution in [-0.4, -0.2) is 32.6 Å². The molecule has 0 spiro atoms. The predicted octanol–water partition coefficient (Wildman–Crippen LogP) is 1.43. The van der Waals surface area contributed by atoms with Crippen molar-refractivity contribution in [3.05, 3.63) is 0 Å². The third kappa shape index (κ3) is 4.00. The third-order valence-electron chi connectivity index (χ3n) is 2.61. The average molecular weight is 216 g/mol. The van der Waals surface area contributed by atoms with Gasteiger partial charge < -0.3 is 9.47 Å². The summed E-state index contributed by atoms with van der Waals surface area (Å²) in [5.74, 6) is -1.28. The molecule has 0 aromatic heterocycles. The highest BCUT2D eigenvalue weighted by atomic mass is 16.5. The molecule has 0 aromatic rings. The van der Waals surface area contributed by atoms with Gasteiger partial charge in [0.15, 0.2) is 5.78 Å². The highest BCUT2D eigenvalue weighted by Gasteiger charge is 2.33. The maximum absolute atomic E-state index is 11.7. The van der Waals surface area contributed by atoms with Crippen LogP contribution in [0.3, 0.4) is 0 Å². The van der Waals surface area contributed by atoms with Gasteiger partial charge in [0.1, 0.15) is 12.5 Å². The van der Waals surface area contributed by atoms with Crippen LogP contribution in [0, 0.1) is 11.8 Å². The predicted molar refractivity (Wildman–Crippen MR) is 56.5 cm³/mol. The third-order valence-corrected chi connectivity index (χ3v) is 2.61. The summed E-state index contributed by atoms with van der Waals surface area (Å²) in [5.41, 5.74) is 0. The van der Waals surface area contributed by atoms with E-state index in [2.05, 4.69) is 4.74 Å². The van der Waals surface area contributed by atoms with Crippen LogP contribution in [-0.2, 0) is 19.1 Å². The minimum Gasteiger partial charge on any atom is -0.468 e. The second-order valence-corrected chi connectivity index (χ2v) is 3.48. The van der Waals surface area contributed by atoms with Crippen molar-refractivity contribution < 1.29 is 19.1 Å². The van der Waals surface area contributed by atoms with Gasteiger partial charge in [0.05, 0.1) is 7.11 Å². The fraction of sp³-hybridized carbons (Fsp3) is 0.818. The lowest BCUT2D eigenvalue weighted by Crippen LogP contribution is -2.34. The molecule has 0 aliphatic heterocycles. The van der Waals surface area contributed by atoms with Crippen molar-refractivity contribution in [1.82, 2.24) is 0 Å². The fourth-order valence-corrected chi connectivity index (χ4v) is 1.71. The lowest BCUT2D eigenvalue weighted by Gasteiger charge is -2.21. The molecule has 0 amide bonds. The van der Waals surface area contributed by atoms with Crippen LogP contribution in [0.4, 0.5) is 0 Å². The standard InChI is InChI=1S/C11H20O4/c1-5-8(6-2)10(11(13)15-4)9(12)7-14-3/h8,10H,5-7H2,1-4H3.